The van der Waals surface area contributed by atoms with E-state index < -0.39 is 27.8 Å². The molecule has 1 N–H and O–H groups in total. The zero-order valence-corrected chi connectivity index (χ0v) is 15.9. The molecule has 2 rings (SSSR count). The highest BCUT2D eigenvalue weighted by molar-refractivity contribution is 7.92. The second-order valence-electron chi connectivity index (χ2n) is 5.55. The monoisotopic (exact) mass is 400 g/mol. The number of benzene rings is 2. The number of hydrogen-bond acceptors (Lipinski definition) is 4. The SMILES string of the molecule is COc1cccc(N([C@@H](C)C(=O)Nc2ccc(F)c(Cl)c2)S(C)(=O)=O)c1. The molecule has 0 fully saturated rings. The number of nitrogens with one attached hydrogen (secondary N) is 1. The van der Waals surface area contributed by atoms with Crippen LogP contribution >= 0.6 is 11.6 Å². The first kappa shape index (κ1) is 20.0. The van der Waals surface area contributed by atoms with Crippen LogP contribution < -0.4 is 14.4 Å². The van der Waals surface area contributed by atoms with Crippen molar-refractivity contribution in [1.29, 1.82) is 0 Å². The predicted molar refractivity (Wildman–Crippen MR) is 99.8 cm³/mol. The van der Waals surface area contributed by atoms with Gasteiger partial charge in [0.05, 0.1) is 24.1 Å². The molecule has 6 nitrogen and oxygen atoms in total. The van der Waals surface area contributed by atoms with Gasteiger partial charge in [0.15, 0.2) is 0 Å². The van der Waals surface area contributed by atoms with Crippen molar-refractivity contribution in [3.05, 3.63) is 53.3 Å². The molecule has 0 saturated heterocycles. The number of rotatable bonds is 6. The van der Waals surface area contributed by atoms with Crippen LogP contribution in [0, 0.1) is 5.82 Å². The molecule has 0 bridgehead atoms. The lowest BCUT2D eigenvalue weighted by Gasteiger charge is -2.28. The maximum atomic E-state index is 13.2. The van der Waals surface area contributed by atoms with E-state index in [0.29, 0.717) is 5.75 Å². The topological polar surface area (TPSA) is 75.7 Å². The van der Waals surface area contributed by atoms with Crippen LogP contribution in [-0.4, -0.2) is 33.7 Å². The van der Waals surface area contributed by atoms with Crippen LogP contribution in [0.5, 0.6) is 5.75 Å². The molecule has 0 heterocycles. The molecule has 140 valence electrons. The lowest BCUT2D eigenvalue weighted by molar-refractivity contribution is -0.116. The summed E-state index contributed by atoms with van der Waals surface area (Å²) >= 11 is 5.69. The molecular formula is C17H18ClFN2O4S. The third-order valence-corrected chi connectivity index (χ3v) is 5.11. The molecule has 9 heteroatoms. The van der Waals surface area contributed by atoms with E-state index in [9.17, 15) is 17.6 Å². The predicted octanol–water partition coefficient (Wildman–Crippen LogP) is 3.28. The van der Waals surface area contributed by atoms with Crippen LogP contribution in [0.3, 0.4) is 0 Å². The molecule has 1 atom stereocenters. The summed E-state index contributed by atoms with van der Waals surface area (Å²) in [4.78, 5) is 12.5. The van der Waals surface area contributed by atoms with Crippen LogP contribution in [0.2, 0.25) is 5.02 Å². The Bertz CT molecular complexity index is 921. The fourth-order valence-corrected chi connectivity index (χ4v) is 3.72. The van der Waals surface area contributed by atoms with Crippen LogP contribution in [0.1, 0.15) is 6.92 Å². The third kappa shape index (κ3) is 4.64. The van der Waals surface area contributed by atoms with Crippen LogP contribution in [0.15, 0.2) is 42.5 Å². The summed E-state index contributed by atoms with van der Waals surface area (Å²) in [5.74, 6) is -0.762. The zero-order chi connectivity index (χ0) is 19.5. The Labute approximate surface area is 156 Å². The van der Waals surface area contributed by atoms with Gasteiger partial charge in [-0.05, 0) is 37.3 Å². The molecule has 0 aliphatic rings. The third-order valence-electron chi connectivity index (χ3n) is 3.58. The van der Waals surface area contributed by atoms with Crippen LogP contribution in [0.4, 0.5) is 15.8 Å². The summed E-state index contributed by atoms with van der Waals surface area (Å²) < 4.78 is 43.8. The summed E-state index contributed by atoms with van der Waals surface area (Å²) in [6, 6.07) is 8.98. The number of nitrogens with zero attached hydrogens (tertiary/aromatic N) is 1. The Kier molecular flexibility index (Phi) is 6.09. The van der Waals surface area contributed by atoms with Gasteiger partial charge < -0.3 is 10.1 Å². The highest BCUT2D eigenvalue weighted by Gasteiger charge is 2.29. The molecule has 1 amide bonds. The van der Waals surface area contributed by atoms with Crippen LogP contribution in [-0.2, 0) is 14.8 Å². The summed E-state index contributed by atoms with van der Waals surface area (Å²) in [7, 11) is -2.31. The van der Waals surface area contributed by atoms with Gasteiger partial charge in [0.25, 0.3) is 0 Å². The molecule has 0 aliphatic carbocycles. The summed E-state index contributed by atoms with van der Waals surface area (Å²) in [5, 5.41) is 2.38. The smallest absolute Gasteiger partial charge is 0.247 e. The molecule has 0 spiro atoms. The lowest BCUT2D eigenvalue weighted by atomic mass is 10.2. The second kappa shape index (κ2) is 7.92. The highest BCUT2D eigenvalue weighted by Crippen LogP contribution is 2.26. The molecule has 2 aromatic rings. The standard InChI is InChI=1S/C17H18ClFN2O4S/c1-11(17(22)20-12-7-8-16(19)15(18)9-12)21(26(3,23)24)13-5-4-6-14(10-13)25-2/h4-11H,1-3H3,(H,20,22)/t11-/m0/s1. The number of anilines is 2. The van der Waals surface area contributed by atoms with Crippen molar-refractivity contribution < 1.29 is 22.3 Å². The highest BCUT2D eigenvalue weighted by atomic mass is 35.5. The van der Waals surface area contributed by atoms with Gasteiger partial charge >= 0.3 is 0 Å². The molecule has 0 unspecified atom stereocenters. The van der Waals surface area contributed by atoms with Crippen molar-refractivity contribution in [2.24, 2.45) is 0 Å². The zero-order valence-electron chi connectivity index (χ0n) is 14.4. The van der Waals surface area contributed by atoms with Gasteiger partial charge in [-0.25, -0.2) is 12.8 Å². The molecule has 0 radical (unpaired) electrons. The quantitative estimate of drug-likeness (QED) is 0.807. The van der Waals surface area contributed by atoms with E-state index in [1.54, 1.807) is 18.2 Å². The van der Waals surface area contributed by atoms with Gasteiger partial charge in [0, 0.05) is 11.8 Å². The van der Waals surface area contributed by atoms with Crippen molar-refractivity contribution in [2.45, 2.75) is 13.0 Å². The maximum Gasteiger partial charge on any atom is 0.247 e. The van der Waals surface area contributed by atoms with Gasteiger partial charge in [-0.1, -0.05) is 17.7 Å². The van der Waals surface area contributed by atoms with Gasteiger partial charge in [-0.3, -0.25) is 9.10 Å². The minimum Gasteiger partial charge on any atom is -0.497 e. The first-order chi connectivity index (χ1) is 12.1. The van der Waals surface area contributed by atoms with E-state index in [2.05, 4.69) is 5.32 Å². The van der Waals surface area contributed by atoms with Crippen molar-refractivity contribution in [1.82, 2.24) is 0 Å². The minimum absolute atomic E-state index is 0.150. The Hall–Kier alpha value is -2.32. The first-order valence-corrected chi connectivity index (χ1v) is 9.75. The van der Waals surface area contributed by atoms with E-state index in [1.165, 1.54) is 32.2 Å². The van der Waals surface area contributed by atoms with Crippen molar-refractivity contribution in [3.63, 3.8) is 0 Å². The lowest BCUT2D eigenvalue weighted by Crippen LogP contribution is -2.45. The normalized spacial score (nSPS) is 12.3. The van der Waals surface area contributed by atoms with E-state index in [1.807, 2.05) is 0 Å². The van der Waals surface area contributed by atoms with Crippen LogP contribution in [0.25, 0.3) is 0 Å². The molecule has 0 aromatic heterocycles. The number of methoxy groups -OCH3 is 1. The number of sulfonamides is 1. The number of carbonyl (C=O) groups excluding carboxylic acids is 1. The van der Waals surface area contributed by atoms with Gasteiger partial charge in [-0.15, -0.1) is 0 Å². The van der Waals surface area contributed by atoms with Crippen molar-refractivity contribution >= 4 is 38.9 Å². The number of ether oxygens (including phenoxy) is 1. The van der Waals surface area contributed by atoms with Crippen molar-refractivity contribution in [3.8, 4) is 5.75 Å². The Morgan fingerprint density at radius 3 is 2.54 bits per heavy atom. The Morgan fingerprint density at radius 1 is 1.27 bits per heavy atom. The Balaban J connectivity index is 2.32. The van der Waals surface area contributed by atoms with E-state index in [4.69, 9.17) is 16.3 Å². The van der Waals surface area contributed by atoms with E-state index in [0.717, 1.165) is 16.6 Å². The number of halogens is 2. The van der Waals surface area contributed by atoms with E-state index >= 15 is 0 Å². The summed E-state index contributed by atoms with van der Waals surface area (Å²) in [5.41, 5.74) is 0.541. The molecule has 0 aliphatic heterocycles. The average molecular weight is 401 g/mol. The average Bonchev–Trinajstić information content (AvgIpc) is 2.57. The second-order valence-corrected chi connectivity index (χ2v) is 7.82. The summed E-state index contributed by atoms with van der Waals surface area (Å²) in [6.07, 6.45) is 1.00. The van der Waals surface area contributed by atoms with Gasteiger partial charge in [0.1, 0.15) is 17.6 Å². The minimum atomic E-state index is -3.76. The Morgan fingerprint density at radius 2 is 1.96 bits per heavy atom. The first-order valence-electron chi connectivity index (χ1n) is 7.53. The van der Waals surface area contributed by atoms with E-state index in [-0.39, 0.29) is 16.4 Å². The molecular weight excluding hydrogens is 383 g/mol. The number of carbonyl (C=O) groups is 1. The van der Waals surface area contributed by atoms with Crippen molar-refractivity contribution in [2.75, 3.05) is 23.0 Å². The molecule has 2 aromatic carbocycles. The summed E-state index contributed by atoms with van der Waals surface area (Å²) in [6.45, 7) is 1.45. The number of amides is 1. The molecule has 0 saturated carbocycles. The molecule has 26 heavy (non-hydrogen) atoms. The fraction of sp³-hybridized carbons (Fsp3) is 0.235. The maximum absolute atomic E-state index is 13.2. The fourth-order valence-electron chi connectivity index (χ4n) is 2.38. The number of hydrogen-bond donors (Lipinski definition) is 1. The van der Waals surface area contributed by atoms with Gasteiger partial charge in [0.2, 0.25) is 15.9 Å². The largest absolute Gasteiger partial charge is 0.497 e. The van der Waals surface area contributed by atoms with Gasteiger partial charge in [-0.2, -0.15) is 0 Å².